The van der Waals surface area contributed by atoms with Gasteiger partial charge < -0.3 is 10.3 Å². The number of aromatic nitrogens is 2. The van der Waals surface area contributed by atoms with E-state index in [2.05, 4.69) is 48.2 Å². The molecule has 0 radical (unpaired) electrons. The first-order valence-corrected chi connectivity index (χ1v) is 9.16. The van der Waals surface area contributed by atoms with E-state index >= 15 is 0 Å². The number of amides is 1. The molecule has 2 N–H and O–H groups in total. The Labute approximate surface area is 155 Å². The maximum absolute atomic E-state index is 12.9. The fraction of sp³-hybridized carbons (Fsp3) is 0.364. The van der Waals surface area contributed by atoms with Crippen molar-refractivity contribution in [3.63, 3.8) is 0 Å². The van der Waals surface area contributed by atoms with Crippen LogP contribution in [0.15, 0.2) is 48.7 Å². The van der Waals surface area contributed by atoms with E-state index < -0.39 is 0 Å². The van der Waals surface area contributed by atoms with Crippen LogP contribution in [0.25, 0.3) is 11.0 Å². The molecule has 0 fully saturated rings. The van der Waals surface area contributed by atoms with Gasteiger partial charge in [-0.15, -0.1) is 0 Å². The van der Waals surface area contributed by atoms with Crippen molar-refractivity contribution in [2.24, 2.45) is 5.92 Å². The van der Waals surface area contributed by atoms with E-state index in [1.54, 1.807) is 6.20 Å². The number of H-pyrrole nitrogens is 1. The fourth-order valence-corrected chi connectivity index (χ4v) is 3.74. The summed E-state index contributed by atoms with van der Waals surface area (Å²) in [6.45, 7) is 8.49. The van der Waals surface area contributed by atoms with Crippen LogP contribution in [-0.2, 0) is 6.42 Å². The van der Waals surface area contributed by atoms with Crippen molar-refractivity contribution in [1.82, 2.24) is 15.3 Å². The molecule has 1 aromatic carbocycles. The molecule has 1 unspecified atom stereocenters. The van der Waals surface area contributed by atoms with Gasteiger partial charge >= 0.3 is 0 Å². The van der Waals surface area contributed by atoms with E-state index in [4.69, 9.17) is 0 Å². The van der Waals surface area contributed by atoms with Crippen LogP contribution in [0.5, 0.6) is 0 Å². The van der Waals surface area contributed by atoms with Gasteiger partial charge in [0.05, 0.1) is 5.56 Å². The Hall–Kier alpha value is -2.62. The summed E-state index contributed by atoms with van der Waals surface area (Å²) in [5, 5.41) is 4.23. The smallest absolute Gasteiger partial charge is 0.253 e. The minimum absolute atomic E-state index is 0.0719. The number of fused-ring (bicyclic) bond motifs is 1. The number of hydrogen-bond donors (Lipinski definition) is 2. The molecule has 26 heavy (non-hydrogen) atoms. The molecule has 3 rings (SSSR count). The Morgan fingerprint density at radius 3 is 2.65 bits per heavy atom. The van der Waals surface area contributed by atoms with Crippen LogP contribution in [0.4, 0.5) is 0 Å². The predicted octanol–water partition coefficient (Wildman–Crippen LogP) is 4.65. The molecule has 3 aromatic rings. The van der Waals surface area contributed by atoms with Crippen LogP contribution in [0.2, 0.25) is 0 Å². The third-order valence-electron chi connectivity index (χ3n) is 4.58. The van der Waals surface area contributed by atoms with E-state index in [0.717, 1.165) is 29.6 Å². The molecule has 2 aromatic heterocycles. The van der Waals surface area contributed by atoms with Crippen molar-refractivity contribution >= 4 is 16.9 Å². The van der Waals surface area contributed by atoms with Gasteiger partial charge in [-0.05, 0) is 50.3 Å². The average molecular weight is 349 g/mol. The third kappa shape index (κ3) is 4.31. The highest BCUT2D eigenvalue weighted by molar-refractivity contribution is 5.97. The molecule has 0 saturated carbocycles. The van der Waals surface area contributed by atoms with Gasteiger partial charge in [0, 0.05) is 22.8 Å². The summed E-state index contributed by atoms with van der Waals surface area (Å²) < 4.78 is 0. The zero-order valence-electron chi connectivity index (χ0n) is 16.0. The molecule has 0 spiro atoms. The maximum atomic E-state index is 12.9. The lowest BCUT2D eigenvalue weighted by molar-refractivity contribution is 0.0894. The second kappa shape index (κ2) is 7.32. The van der Waals surface area contributed by atoms with Crippen molar-refractivity contribution in [3.05, 3.63) is 65.5 Å². The van der Waals surface area contributed by atoms with Gasteiger partial charge in [-0.2, -0.15) is 0 Å². The lowest BCUT2D eigenvalue weighted by Crippen LogP contribution is -2.48. The second-order valence-electron chi connectivity index (χ2n) is 7.89. The molecule has 0 bridgehead atoms. The van der Waals surface area contributed by atoms with E-state index in [1.165, 1.54) is 5.56 Å². The number of hydrogen-bond acceptors (Lipinski definition) is 2. The van der Waals surface area contributed by atoms with Crippen LogP contribution in [0.3, 0.4) is 0 Å². The topological polar surface area (TPSA) is 57.8 Å². The van der Waals surface area contributed by atoms with Crippen LogP contribution < -0.4 is 5.32 Å². The molecule has 4 nitrogen and oxygen atoms in total. The highest BCUT2D eigenvalue weighted by Gasteiger charge is 2.28. The summed E-state index contributed by atoms with van der Waals surface area (Å²) in [7, 11) is 0. The zero-order valence-corrected chi connectivity index (χ0v) is 16.0. The minimum atomic E-state index is -0.310. The number of benzene rings is 1. The van der Waals surface area contributed by atoms with Crippen molar-refractivity contribution in [2.45, 2.75) is 46.1 Å². The summed E-state index contributed by atoms with van der Waals surface area (Å²) in [5.74, 6) is 0.411. The quantitative estimate of drug-likeness (QED) is 0.680. The largest absolute Gasteiger partial charge is 0.346 e. The number of aromatic amines is 1. The standard InChI is InChI=1S/C22H27N3O/c1-15(2)12-22(4,13-17-8-6-5-7-9-17)25-21(26)19-11-18-10-16(3)24-20(18)23-14-19/h5-11,14-15H,12-13H2,1-4H3,(H,23,24)(H,25,26). The Morgan fingerprint density at radius 2 is 1.96 bits per heavy atom. The SMILES string of the molecule is Cc1cc2cc(C(=O)NC(C)(Cc3ccccc3)CC(C)C)cnc2[nH]1. The molecular weight excluding hydrogens is 322 g/mol. The fourth-order valence-electron chi connectivity index (χ4n) is 3.74. The Balaban J connectivity index is 1.83. The summed E-state index contributed by atoms with van der Waals surface area (Å²) in [6, 6.07) is 14.2. The molecular formula is C22H27N3O. The molecule has 1 amide bonds. The van der Waals surface area contributed by atoms with E-state index in [-0.39, 0.29) is 11.4 Å². The molecule has 0 saturated heterocycles. The Bertz CT molecular complexity index is 898. The van der Waals surface area contributed by atoms with Gasteiger partial charge in [0.1, 0.15) is 5.65 Å². The monoisotopic (exact) mass is 349 g/mol. The summed E-state index contributed by atoms with van der Waals surface area (Å²) in [5.41, 5.74) is 3.37. The molecule has 0 aliphatic heterocycles. The van der Waals surface area contributed by atoms with Crippen LogP contribution in [0, 0.1) is 12.8 Å². The van der Waals surface area contributed by atoms with Gasteiger partial charge in [0.15, 0.2) is 0 Å². The molecule has 1 atom stereocenters. The number of nitrogens with zero attached hydrogens (tertiary/aromatic N) is 1. The highest BCUT2D eigenvalue weighted by atomic mass is 16.1. The first kappa shape index (κ1) is 18.2. The van der Waals surface area contributed by atoms with Gasteiger partial charge in [-0.1, -0.05) is 44.2 Å². The summed E-state index contributed by atoms with van der Waals surface area (Å²) >= 11 is 0. The van der Waals surface area contributed by atoms with Crippen LogP contribution >= 0.6 is 0 Å². The predicted molar refractivity (Wildman–Crippen MR) is 106 cm³/mol. The van der Waals surface area contributed by atoms with Crippen molar-refractivity contribution in [3.8, 4) is 0 Å². The summed E-state index contributed by atoms with van der Waals surface area (Å²) in [6.07, 6.45) is 3.36. The molecule has 136 valence electrons. The number of nitrogens with one attached hydrogen (secondary N) is 2. The van der Waals surface area contributed by atoms with Gasteiger partial charge in [0.25, 0.3) is 5.91 Å². The molecule has 2 heterocycles. The number of rotatable bonds is 6. The van der Waals surface area contributed by atoms with E-state index in [0.29, 0.717) is 11.5 Å². The molecule has 0 aliphatic carbocycles. The first-order chi connectivity index (χ1) is 12.3. The first-order valence-electron chi connectivity index (χ1n) is 9.16. The maximum Gasteiger partial charge on any atom is 0.253 e. The normalized spacial score (nSPS) is 13.7. The van der Waals surface area contributed by atoms with E-state index in [9.17, 15) is 4.79 Å². The molecule has 4 heteroatoms. The number of pyridine rings is 1. The third-order valence-corrected chi connectivity index (χ3v) is 4.58. The number of aryl methyl sites for hydroxylation is 1. The van der Waals surface area contributed by atoms with Crippen molar-refractivity contribution in [1.29, 1.82) is 0 Å². The summed E-state index contributed by atoms with van der Waals surface area (Å²) in [4.78, 5) is 20.5. The minimum Gasteiger partial charge on any atom is -0.346 e. The second-order valence-corrected chi connectivity index (χ2v) is 7.89. The highest BCUT2D eigenvalue weighted by Crippen LogP contribution is 2.23. The van der Waals surface area contributed by atoms with Gasteiger partial charge in [-0.25, -0.2) is 4.98 Å². The lowest BCUT2D eigenvalue weighted by Gasteiger charge is -2.33. The zero-order chi connectivity index (χ0) is 18.7. The van der Waals surface area contributed by atoms with Crippen molar-refractivity contribution in [2.75, 3.05) is 0 Å². The van der Waals surface area contributed by atoms with Crippen LogP contribution in [0.1, 0.15) is 48.8 Å². The Morgan fingerprint density at radius 1 is 1.23 bits per heavy atom. The van der Waals surface area contributed by atoms with Gasteiger partial charge in [-0.3, -0.25) is 4.79 Å². The number of carbonyl (C=O) groups excluding carboxylic acids is 1. The Kier molecular flexibility index (Phi) is 5.12. The number of carbonyl (C=O) groups is 1. The van der Waals surface area contributed by atoms with Gasteiger partial charge in [0.2, 0.25) is 0 Å². The van der Waals surface area contributed by atoms with Crippen LogP contribution in [-0.4, -0.2) is 21.4 Å². The lowest BCUT2D eigenvalue weighted by atomic mass is 9.84. The average Bonchev–Trinajstić information content (AvgIpc) is 2.93. The molecule has 0 aliphatic rings. The van der Waals surface area contributed by atoms with Crippen molar-refractivity contribution < 1.29 is 4.79 Å². The van der Waals surface area contributed by atoms with E-state index in [1.807, 2.05) is 37.3 Å².